The molecule has 0 unspecified atom stereocenters. The average Bonchev–Trinajstić information content (AvgIpc) is 3.48. The van der Waals surface area contributed by atoms with Crippen LogP contribution in [-0.4, -0.2) is 80.3 Å². The van der Waals surface area contributed by atoms with Gasteiger partial charge in [0, 0.05) is 71.4 Å². The predicted molar refractivity (Wildman–Crippen MR) is 213 cm³/mol. The quantitative estimate of drug-likeness (QED) is 0.102. The number of likely N-dealkylation sites (N-methyl/N-ethyl adjacent to an activating group) is 1. The number of halogens is 2. The van der Waals surface area contributed by atoms with Gasteiger partial charge in [-0.05, 0) is 105 Å². The third-order valence-electron chi connectivity index (χ3n) is 7.86. The molecule has 0 bridgehead atoms. The zero-order valence-corrected chi connectivity index (χ0v) is 34.3. The lowest BCUT2D eigenvalue weighted by molar-refractivity contribution is -0.130. The minimum absolute atomic E-state index is 0.102. The highest BCUT2D eigenvalue weighted by Gasteiger charge is 2.27. The highest BCUT2D eigenvalue weighted by molar-refractivity contribution is 9.11. The molecule has 4 amide bonds. The van der Waals surface area contributed by atoms with Crippen LogP contribution in [0.15, 0.2) is 58.4 Å². The van der Waals surface area contributed by atoms with Crippen LogP contribution in [0.4, 0.5) is 5.69 Å². The normalized spacial score (nSPS) is 13.6. The van der Waals surface area contributed by atoms with Gasteiger partial charge in [0.25, 0.3) is 11.8 Å². The second kappa shape index (κ2) is 20.2. The summed E-state index contributed by atoms with van der Waals surface area (Å²) in [6.45, 7) is 9.92. The largest absolute Gasteiger partial charge is 0.355 e. The molecule has 0 aliphatic heterocycles. The summed E-state index contributed by atoms with van der Waals surface area (Å²) in [6, 6.07) is 14.3. The summed E-state index contributed by atoms with van der Waals surface area (Å²) in [5, 5.41) is 15.6. The molecule has 5 N–H and O–H groups in total. The highest BCUT2D eigenvalue weighted by Crippen LogP contribution is 2.27. The van der Waals surface area contributed by atoms with Crippen LogP contribution < -0.4 is 30.9 Å². The Labute approximate surface area is 323 Å². The summed E-state index contributed by atoms with van der Waals surface area (Å²) in [6.07, 6.45) is 0.497. The van der Waals surface area contributed by atoms with Crippen molar-refractivity contribution in [2.75, 3.05) is 38.5 Å². The monoisotopic (exact) mass is 821 g/mol. The fourth-order valence-corrected chi connectivity index (χ4v) is 7.59. The summed E-state index contributed by atoms with van der Waals surface area (Å²) in [5.74, 6) is -1.36. The van der Waals surface area contributed by atoms with Gasteiger partial charge in [0.05, 0.1) is 15.9 Å². The SMILES string of the molecule is CCNC(=O)[C@@H](NC(=O)[C@H](C)NC[C@H](Cc1ccc(Br)s1)NC(=O)c1cc(C(=O)N[C@H](C)c2cccc(Cl)c2)cc(N(C)SN(C)C)c1)C(C)C. The lowest BCUT2D eigenvalue weighted by Crippen LogP contribution is -2.55. The molecule has 15 heteroatoms. The standard InChI is InChI=1S/C36H49BrClN7O4S2/c1-9-39-36(49)32(21(2)3)43-33(46)23(5)40-20-28(19-30-13-14-31(37)50-30)42-35(48)26-15-25(17-29(18-26)45(8)51-44(6)7)34(47)41-22(4)24-11-10-12-27(38)16-24/h10-18,21-23,28,32,40H,9,19-20H2,1-8H3,(H,39,49)(H,41,47)(H,42,48)(H,43,46)/t22-,23+,28+,32+/m1/s1. The number of thiophene rings is 1. The van der Waals surface area contributed by atoms with Crippen LogP contribution in [0.5, 0.6) is 0 Å². The van der Waals surface area contributed by atoms with Crippen LogP contribution in [0.3, 0.4) is 0 Å². The summed E-state index contributed by atoms with van der Waals surface area (Å²) in [7, 11) is 5.67. The summed E-state index contributed by atoms with van der Waals surface area (Å²) < 4.78 is 4.75. The Hall–Kier alpha value is -3.14. The number of nitrogens with one attached hydrogen (secondary N) is 5. The number of amides is 4. The number of anilines is 1. The van der Waals surface area contributed by atoms with Gasteiger partial charge >= 0.3 is 0 Å². The number of carbonyl (C=O) groups excluding carboxylic acids is 4. The van der Waals surface area contributed by atoms with E-state index in [2.05, 4.69) is 42.5 Å². The minimum Gasteiger partial charge on any atom is -0.355 e. The Bertz CT molecular complexity index is 1660. The molecular weight excluding hydrogens is 774 g/mol. The fraction of sp³-hybridized carbons (Fsp3) is 0.444. The molecule has 2 aromatic carbocycles. The number of rotatable bonds is 18. The van der Waals surface area contributed by atoms with Crippen molar-refractivity contribution in [3.05, 3.63) is 85.0 Å². The van der Waals surface area contributed by atoms with Crippen molar-refractivity contribution in [1.29, 1.82) is 0 Å². The van der Waals surface area contributed by atoms with Gasteiger partial charge in [-0.3, -0.25) is 19.2 Å². The Morgan fingerprint density at radius 2 is 1.55 bits per heavy atom. The maximum Gasteiger partial charge on any atom is 0.251 e. The first kappa shape index (κ1) is 42.3. The summed E-state index contributed by atoms with van der Waals surface area (Å²) >= 11 is 12.7. The number of benzene rings is 2. The van der Waals surface area contributed by atoms with E-state index in [9.17, 15) is 19.2 Å². The molecule has 0 radical (unpaired) electrons. The van der Waals surface area contributed by atoms with E-state index in [-0.39, 0.29) is 42.1 Å². The first-order valence-corrected chi connectivity index (χ1v) is 19.5. The fourth-order valence-electron chi connectivity index (χ4n) is 5.14. The average molecular weight is 823 g/mol. The van der Waals surface area contributed by atoms with Gasteiger partial charge in [-0.15, -0.1) is 11.3 Å². The highest BCUT2D eigenvalue weighted by atomic mass is 79.9. The zero-order valence-electron chi connectivity index (χ0n) is 30.3. The molecule has 1 aromatic heterocycles. The van der Waals surface area contributed by atoms with Gasteiger partial charge in [-0.25, -0.2) is 4.31 Å². The topological polar surface area (TPSA) is 135 Å². The van der Waals surface area contributed by atoms with Crippen molar-refractivity contribution in [2.45, 2.75) is 65.2 Å². The van der Waals surface area contributed by atoms with Gasteiger partial charge in [-0.2, -0.15) is 0 Å². The number of carbonyl (C=O) groups is 4. The zero-order chi connectivity index (χ0) is 37.8. The number of hydrogen-bond donors (Lipinski definition) is 5. The van der Waals surface area contributed by atoms with E-state index < -0.39 is 18.1 Å². The van der Waals surface area contributed by atoms with Crippen molar-refractivity contribution < 1.29 is 19.2 Å². The smallest absolute Gasteiger partial charge is 0.251 e. The van der Waals surface area contributed by atoms with Crippen LogP contribution >= 0.6 is 51.0 Å². The lowest BCUT2D eigenvalue weighted by atomic mass is 10.0. The van der Waals surface area contributed by atoms with Crippen molar-refractivity contribution in [1.82, 2.24) is 30.9 Å². The predicted octanol–water partition coefficient (Wildman–Crippen LogP) is 5.81. The molecule has 0 aliphatic rings. The van der Waals surface area contributed by atoms with Crippen LogP contribution in [0.2, 0.25) is 5.02 Å². The Morgan fingerprint density at radius 1 is 0.882 bits per heavy atom. The summed E-state index contributed by atoms with van der Waals surface area (Å²) in [5.41, 5.74) is 2.15. The second-order valence-corrected chi connectivity index (χ2v) is 17.2. The van der Waals surface area contributed by atoms with Crippen LogP contribution in [0, 0.1) is 5.92 Å². The van der Waals surface area contributed by atoms with Gasteiger partial charge in [-0.1, -0.05) is 37.6 Å². The Kier molecular flexibility index (Phi) is 16.7. The van der Waals surface area contributed by atoms with E-state index >= 15 is 0 Å². The van der Waals surface area contributed by atoms with E-state index in [4.69, 9.17) is 11.6 Å². The maximum atomic E-state index is 14.0. The van der Waals surface area contributed by atoms with Gasteiger partial charge < -0.3 is 30.9 Å². The molecule has 278 valence electrons. The van der Waals surface area contributed by atoms with Crippen LogP contribution in [-0.2, 0) is 16.0 Å². The first-order valence-electron chi connectivity index (χ1n) is 16.7. The third-order valence-corrected chi connectivity index (χ3v) is 10.5. The molecule has 1 heterocycles. The molecule has 0 saturated heterocycles. The minimum atomic E-state index is -0.670. The van der Waals surface area contributed by atoms with Crippen LogP contribution in [0.25, 0.3) is 0 Å². The van der Waals surface area contributed by atoms with Crippen molar-refractivity contribution >= 4 is 80.3 Å². The molecule has 0 fully saturated rings. The Morgan fingerprint density at radius 3 is 2.12 bits per heavy atom. The molecular formula is C36H49BrClN7O4S2. The van der Waals surface area contributed by atoms with Gasteiger partial charge in [0.1, 0.15) is 6.04 Å². The molecule has 51 heavy (non-hydrogen) atoms. The second-order valence-electron chi connectivity index (χ2n) is 12.7. The lowest BCUT2D eigenvalue weighted by Gasteiger charge is -2.25. The van der Waals surface area contributed by atoms with E-state index in [1.807, 2.05) is 81.7 Å². The molecule has 0 spiro atoms. The van der Waals surface area contributed by atoms with E-state index in [1.54, 1.807) is 48.6 Å². The van der Waals surface area contributed by atoms with Crippen molar-refractivity contribution in [3.63, 3.8) is 0 Å². The number of hydrogen-bond acceptors (Lipinski definition) is 9. The summed E-state index contributed by atoms with van der Waals surface area (Å²) in [4.78, 5) is 54.3. The van der Waals surface area contributed by atoms with Crippen molar-refractivity contribution in [2.24, 2.45) is 5.92 Å². The molecule has 0 aliphatic carbocycles. The maximum absolute atomic E-state index is 14.0. The van der Waals surface area contributed by atoms with Crippen LogP contribution in [0.1, 0.15) is 71.8 Å². The first-order chi connectivity index (χ1) is 24.1. The van der Waals surface area contributed by atoms with E-state index in [0.717, 1.165) is 14.2 Å². The molecule has 11 nitrogen and oxygen atoms in total. The van der Waals surface area contributed by atoms with Crippen molar-refractivity contribution in [3.8, 4) is 0 Å². The molecule has 3 aromatic rings. The molecule has 4 atom stereocenters. The third kappa shape index (κ3) is 13.4. The number of nitrogens with zero attached hydrogens (tertiary/aromatic N) is 2. The molecule has 3 rings (SSSR count). The molecule has 0 saturated carbocycles. The van der Waals surface area contributed by atoms with Gasteiger partial charge in [0.15, 0.2) is 0 Å². The van der Waals surface area contributed by atoms with Gasteiger partial charge in [0.2, 0.25) is 11.8 Å². The van der Waals surface area contributed by atoms with E-state index in [1.165, 1.54) is 12.1 Å². The van der Waals surface area contributed by atoms with E-state index in [0.29, 0.717) is 34.8 Å². The Balaban J connectivity index is 1.85.